The predicted octanol–water partition coefficient (Wildman–Crippen LogP) is 3.91. The third-order valence-electron chi connectivity index (χ3n) is 8.09. The number of rotatable bonds is 7. The van der Waals surface area contributed by atoms with E-state index >= 15 is 0 Å². The van der Waals surface area contributed by atoms with Crippen LogP contribution in [0, 0.1) is 0 Å². The molecule has 0 bridgehead atoms. The zero-order valence-corrected chi connectivity index (χ0v) is 21.7. The van der Waals surface area contributed by atoms with Gasteiger partial charge in [-0.25, -0.2) is 9.97 Å². The Labute approximate surface area is 229 Å². The van der Waals surface area contributed by atoms with Crippen LogP contribution in [0.4, 0.5) is 5.82 Å². The summed E-state index contributed by atoms with van der Waals surface area (Å²) in [6.07, 6.45) is 3.13. The highest BCUT2D eigenvalue weighted by Crippen LogP contribution is 2.36. The molecule has 3 atom stereocenters. The van der Waals surface area contributed by atoms with E-state index in [9.17, 15) is 15.0 Å². The largest absolute Gasteiger partial charge is 0.394 e. The number of amides is 1. The number of benzene rings is 4. The van der Waals surface area contributed by atoms with Crippen molar-refractivity contribution < 1.29 is 19.7 Å². The summed E-state index contributed by atoms with van der Waals surface area (Å²) in [6, 6.07) is 18.6. The van der Waals surface area contributed by atoms with Crippen molar-refractivity contribution in [2.45, 2.75) is 37.7 Å². The SMILES string of the molecule is Nc1ncnc2c1c(CCCNC(=O)c1ccc3ccc4cccc5ccc1c3c45)cn2[C@H]1C[C@H](O)[C@@H](CO)O1. The second-order valence-corrected chi connectivity index (χ2v) is 10.5. The Hall–Kier alpha value is -4.31. The molecule has 1 fully saturated rings. The van der Waals surface area contributed by atoms with E-state index in [1.165, 1.54) is 22.5 Å². The Balaban J connectivity index is 1.10. The summed E-state index contributed by atoms with van der Waals surface area (Å²) in [6.45, 7) is 0.221. The molecule has 4 aromatic carbocycles. The second-order valence-electron chi connectivity index (χ2n) is 10.5. The van der Waals surface area contributed by atoms with Crippen molar-refractivity contribution >= 4 is 55.1 Å². The normalized spacial score (nSPS) is 19.4. The van der Waals surface area contributed by atoms with Gasteiger partial charge < -0.3 is 30.6 Å². The average molecular weight is 536 g/mol. The van der Waals surface area contributed by atoms with Crippen LogP contribution in [0.1, 0.15) is 35.0 Å². The van der Waals surface area contributed by atoms with Crippen molar-refractivity contribution in [1.29, 1.82) is 0 Å². The Kier molecular flexibility index (Phi) is 6.00. The molecule has 1 aliphatic rings. The lowest BCUT2D eigenvalue weighted by atomic mass is 9.92. The number of ether oxygens (including phenoxy) is 1. The van der Waals surface area contributed by atoms with Crippen LogP contribution in [-0.2, 0) is 11.2 Å². The maximum absolute atomic E-state index is 13.3. The molecule has 0 unspecified atom stereocenters. The lowest BCUT2D eigenvalue weighted by Crippen LogP contribution is -2.25. The highest BCUT2D eigenvalue weighted by molar-refractivity contribution is 6.26. The minimum absolute atomic E-state index is 0.105. The third-order valence-corrected chi connectivity index (χ3v) is 8.09. The summed E-state index contributed by atoms with van der Waals surface area (Å²) in [5.74, 6) is 0.264. The van der Waals surface area contributed by atoms with E-state index in [1.54, 1.807) is 0 Å². The van der Waals surface area contributed by atoms with Crippen molar-refractivity contribution in [2.24, 2.45) is 0 Å². The number of nitrogens with one attached hydrogen (secondary N) is 1. The van der Waals surface area contributed by atoms with Crippen LogP contribution in [0.2, 0.25) is 0 Å². The van der Waals surface area contributed by atoms with Crippen LogP contribution in [0.15, 0.2) is 67.1 Å². The van der Waals surface area contributed by atoms with Gasteiger partial charge in [0, 0.05) is 24.7 Å². The lowest BCUT2D eigenvalue weighted by molar-refractivity contribution is -0.0430. The number of aromatic nitrogens is 3. The molecule has 1 saturated heterocycles. The predicted molar refractivity (Wildman–Crippen MR) is 154 cm³/mol. The Morgan fingerprint density at radius 2 is 1.77 bits per heavy atom. The number of aliphatic hydroxyl groups excluding tert-OH is 2. The molecule has 2 aromatic heterocycles. The summed E-state index contributed by atoms with van der Waals surface area (Å²) < 4.78 is 7.71. The molecule has 202 valence electrons. The molecular formula is C31H29N5O4. The minimum atomic E-state index is -0.759. The van der Waals surface area contributed by atoms with Gasteiger partial charge in [0.25, 0.3) is 5.91 Å². The number of hydrogen-bond acceptors (Lipinski definition) is 7. The summed E-state index contributed by atoms with van der Waals surface area (Å²) in [5, 5.41) is 30.3. The molecule has 1 aliphatic heterocycles. The molecule has 1 amide bonds. The number of nitrogens with two attached hydrogens (primary N) is 1. The van der Waals surface area contributed by atoms with Crippen LogP contribution in [0.25, 0.3) is 43.4 Å². The molecule has 7 rings (SSSR count). The number of aliphatic hydroxyl groups is 2. The summed E-state index contributed by atoms with van der Waals surface area (Å²) in [4.78, 5) is 21.9. The quantitative estimate of drug-likeness (QED) is 0.180. The lowest BCUT2D eigenvalue weighted by Gasteiger charge is -2.14. The molecule has 3 heterocycles. The topological polar surface area (TPSA) is 136 Å². The fourth-order valence-electron chi connectivity index (χ4n) is 6.16. The molecule has 40 heavy (non-hydrogen) atoms. The fourth-order valence-corrected chi connectivity index (χ4v) is 6.16. The fraction of sp³-hybridized carbons (Fsp3) is 0.258. The summed E-state index contributed by atoms with van der Waals surface area (Å²) in [7, 11) is 0. The first-order chi connectivity index (χ1) is 19.5. The van der Waals surface area contributed by atoms with Crippen molar-refractivity contribution in [2.75, 3.05) is 18.9 Å². The number of fused-ring (bicyclic) bond motifs is 1. The van der Waals surface area contributed by atoms with Crippen LogP contribution in [-0.4, -0.2) is 56.0 Å². The van der Waals surface area contributed by atoms with Crippen LogP contribution in [0.3, 0.4) is 0 Å². The van der Waals surface area contributed by atoms with E-state index in [0.29, 0.717) is 42.8 Å². The molecular weight excluding hydrogens is 506 g/mol. The van der Waals surface area contributed by atoms with E-state index in [0.717, 1.165) is 27.1 Å². The molecule has 0 saturated carbocycles. The highest BCUT2D eigenvalue weighted by atomic mass is 16.5. The van der Waals surface area contributed by atoms with Gasteiger partial charge in [0.05, 0.1) is 18.1 Å². The number of nitrogens with zero attached hydrogens (tertiary/aromatic N) is 3. The molecule has 9 nitrogen and oxygen atoms in total. The number of aryl methyl sites for hydroxylation is 1. The third kappa shape index (κ3) is 3.93. The van der Waals surface area contributed by atoms with Gasteiger partial charge >= 0.3 is 0 Å². The average Bonchev–Trinajstić information content (AvgIpc) is 3.54. The maximum atomic E-state index is 13.3. The first-order valence-corrected chi connectivity index (χ1v) is 13.5. The van der Waals surface area contributed by atoms with Crippen LogP contribution in [0.5, 0.6) is 0 Å². The smallest absolute Gasteiger partial charge is 0.251 e. The van der Waals surface area contributed by atoms with Gasteiger partial charge in [0.2, 0.25) is 0 Å². The standard InChI is InChI=1S/C31H29N5O4/c32-29-28-20(14-36(30(28)35-16-34-29)25-13-23(38)24(15-37)40-25)5-2-12-33-31(39)22-11-9-19-7-6-17-3-1-4-18-8-10-21(22)27(19)26(17)18/h1,3-4,6-11,14,16,23-25,37-38H,2,5,12-13,15H2,(H,33,39)(H2,32,34,35)/t23-,24+,25+/m0/s1. The van der Waals surface area contributed by atoms with Gasteiger partial charge in [0.1, 0.15) is 30.1 Å². The second kappa shape index (κ2) is 9.71. The zero-order chi connectivity index (χ0) is 27.4. The number of carbonyl (C=O) groups excluding carboxylic acids is 1. The Morgan fingerprint density at radius 3 is 2.55 bits per heavy atom. The van der Waals surface area contributed by atoms with E-state index in [2.05, 4.69) is 51.7 Å². The van der Waals surface area contributed by atoms with E-state index in [1.807, 2.05) is 29.0 Å². The van der Waals surface area contributed by atoms with E-state index < -0.39 is 18.4 Å². The van der Waals surface area contributed by atoms with Gasteiger partial charge in [-0.3, -0.25) is 4.79 Å². The first-order valence-electron chi connectivity index (χ1n) is 13.5. The zero-order valence-electron chi connectivity index (χ0n) is 21.7. The summed E-state index contributed by atoms with van der Waals surface area (Å²) in [5.41, 5.74) is 8.45. The highest BCUT2D eigenvalue weighted by Gasteiger charge is 2.35. The van der Waals surface area contributed by atoms with Crippen molar-refractivity contribution in [1.82, 2.24) is 19.9 Å². The molecule has 0 radical (unpaired) electrons. The monoisotopic (exact) mass is 535 g/mol. The van der Waals surface area contributed by atoms with Gasteiger partial charge in [-0.05, 0) is 56.8 Å². The van der Waals surface area contributed by atoms with Gasteiger partial charge in [-0.1, -0.05) is 48.5 Å². The van der Waals surface area contributed by atoms with Crippen molar-refractivity contribution in [3.63, 3.8) is 0 Å². The van der Waals surface area contributed by atoms with Crippen LogP contribution < -0.4 is 11.1 Å². The maximum Gasteiger partial charge on any atom is 0.251 e. The Morgan fingerprint density at radius 1 is 1.02 bits per heavy atom. The molecule has 5 N–H and O–H groups in total. The minimum Gasteiger partial charge on any atom is -0.394 e. The number of hydrogen-bond donors (Lipinski definition) is 4. The van der Waals surface area contributed by atoms with Gasteiger partial charge in [-0.2, -0.15) is 0 Å². The molecule has 0 aliphatic carbocycles. The number of anilines is 1. The van der Waals surface area contributed by atoms with Crippen molar-refractivity contribution in [3.8, 4) is 0 Å². The van der Waals surface area contributed by atoms with Gasteiger partial charge in [0.15, 0.2) is 0 Å². The molecule has 0 spiro atoms. The Bertz CT molecular complexity index is 1870. The molecule has 9 heteroatoms. The van der Waals surface area contributed by atoms with E-state index in [4.69, 9.17) is 10.5 Å². The molecule has 6 aromatic rings. The summed E-state index contributed by atoms with van der Waals surface area (Å²) >= 11 is 0. The number of carbonyl (C=O) groups is 1. The van der Waals surface area contributed by atoms with Crippen LogP contribution >= 0.6 is 0 Å². The van der Waals surface area contributed by atoms with Gasteiger partial charge in [-0.15, -0.1) is 0 Å². The number of nitrogen functional groups attached to an aromatic ring is 1. The first kappa shape index (κ1) is 24.7. The van der Waals surface area contributed by atoms with E-state index in [-0.39, 0.29) is 12.5 Å². The van der Waals surface area contributed by atoms with Crippen molar-refractivity contribution in [3.05, 3.63) is 78.2 Å².